The number of primary amides is 1. The highest BCUT2D eigenvalue weighted by Crippen LogP contribution is 2.22. The summed E-state index contributed by atoms with van der Waals surface area (Å²) in [6.45, 7) is 0.427. The molecule has 0 aromatic heterocycles. The van der Waals surface area contributed by atoms with Crippen molar-refractivity contribution in [3.63, 3.8) is 0 Å². The van der Waals surface area contributed by atoms with E-state index in [1.165, 1.54) is 12.1 Å². The number of halogens is 1. The van der Waals surface area contributed by atoms with Gasteiger partial charge >= 0.3 is 0 Å². The van der Waals surface area contributed by atoms with Crippen LogP contribution in [0.2, 0.25) is 0 Å². The predicted octanol–water partition coefficient (Wildman–Crippen LogP) is 3.07. The molecule has 0 spiro atoms. The molecule has 108 valence electrons. The Balaban J connectivity index is 2.09. The molecule has 0 aliphatic carbocycles. The van der Waals surface area contributed by atoms with Crippen LogP contribution in [0.4, 0.5) is 11.4 Å². The van der Waals surface area contributed by atoms with Crippen molar-refractivity contribution in [1.82, 2.24) is 0 Å². The summed E-state index contributed by atoms with van der Waals surface area (Å²) in [6.07, 6.45) is 0. The summed E-state index contributed by atoms with van der Waals surface area (Å²) < 4.78 is 0.651. The summed E-state index contributed by atoms with van der Waals surface area (Å²) in [5.41, 5.74) is 7.19. The number of rotatable bonds is 5. The summed E-state index contributed by atoms with van der Waals surface area (Å²) >= 11 is 3.25. The fraction of sp³-hybridized carbons (Fsp3) is 0.0714. The summed E-state index contributed by atoms with van der Waals surface area (Å²) in [7, 11) is 0. The normalized spacial score (nSPS) is 10.1. The zero-order chi connectivity index (χ0) is 15.4. The Labute approximate surface area is 129 Å². The molecule has 1 amide bonds. The van der Waals surface area contributed by atoms with E-state index in [2.05, 4.69) is 21.2 Å². The van der Waals surface area contributed by atoms with E-state index in [9.17, 15) is 14.9 Å². The summed E-state index contributed by atoms with van der Waals surface area (Å²) in [5, 5.41) is 13.9. The average Bonchev–Trinajstić information content (AvgIpc) is 2.45. The number of hydrogen-bond donors (Lipinski definition) is 2. The minimum Gasteiger partial charge on any atom is -0.381 e. The number of amides is 1. The minimum absolute atomic E-state index is 0.0326. The Kier molecular flexibility index (Phi) is 4.54. The molecule has 0 bridgehead atoms. The van der Waals surface area contributed by atoms with Crippen molar-refractivity contribution in [2.24, 2.45) is 5.73 Å². The molecular weight excluding hydrogens is 338 g/mol. The molecule has 0 radical (unpaired) electrons. The highest BCUT2D eigenvalue weighted by Gasteiger charge is 2.08. The van der Waals surface area contributed by atoms with Crippen LogP contribution < -0.4 is 11.1 Å². The van der Waals surface area contributed by atoms with Gasteiger partial charge in [-0.15, -0.1) is 0 Å². The van der Waals surface area contributed by atoms with E-state index in [-0.39, 0.29) is 5.69 Å². The second-order valence-electron chi connectivity index (χ2n) is 4.37. The second-order valence-corrected chi connectivity index (χ2v) is 5.29. The fourth-order valence-electron chi connectivity index (χ4n) is 1.80. The maximum absolute atomic E-state index is 11.0. The highest BCUT2D eigenvalue weighted by atomic mass is 79.9. The van der Waals surface area contributed by atoms with Crippen molar-refractivity contribution in [2.75, 3.05) is 5.32 Å². The molecule has 21 heavy (non-hydrogen) atoms. The number of nitrogens with one attached hydrogen (secondary N) is 1. The van der Waals surface area contributed by atoms with Crippen molar-refractivity contribution in [1.29, 1.82) is 0 Å². The molecule has 2 rings (SSSR count). The van der Waals surface area contributed by atoms with Crippen LogP contribution in [0.3, 0.4) is 0 Å². The number of nitrogens with two attached hydrogens (primary N) is 1. The Hall–Kier alpha value is -2.41. The van der Waals surface area contributed by atoms with Crippen molar-refractivity contribution < 1.29 is 9.72 Å². The highest BCUT2D eigenvalue weighted by molar-refractivity contribution is 9.10. The second kappa shape index (κ2) is 6.36. The smallest absolute Gasteiger partial charge is 0.270 e. The van der Waals surface area contributed by atoms with Gasteiger partial charge < -0.3 is 11.1 Å². The monoisotopic (exact) mass is 349 g/mol. The number of carbonyl (C=O) groups is 1. The number of nitrogens with zero attached hydrogens (tertiary/aromatic N) is 1. The number of carbonyl (C=O) groups excluding carboxylic acids is 1. The first kappa shape index (κ1) is 15.0. The number of anilines is 1. The first-order chi connectivity index (χ1) is 9.95. The van der Waals surface area contributed by atoms with Gasteiger partial charge in [-0.1, -0.05) is 15.9 Å². The zero-order valence-electron chi connectivity index (χ0n) is 10.9. The molecule has 6 nitrogen and oxygen atoms in total. The molecule has 7 heteroatoms. The number of nitro benzene ring substituents is 1. The maximum atomic E-state index is 11.0. The number of benzene rings is 2. The van der Waals surface area contributed by atoms with Crippen LogP contribution >= 0.6 is 15.9 Å². The van der Waals surface area contributed by atoms with Gasteiger partial charge in [-0.2, -0.15) is 0 Å². The van der Waals surface area contributed by atoms with Crippen molar-refractivity contribution in [2.45, 2.75) is 6.54 Å². The van der Waals surface area contributed by atoms with Gasteiger partial charge in [0.2, 0.25) is 5.91 Å². The first-order valence-corrected chi connectivity index (χ1v) is 6.82. The molecule has 0 atom stereocenters. The molecule has 0 heterocycles. The molecule has 0 aliphatic heterocycles. The van der Waals surface area contributed by atoms with E-state index >= 15 is 0 Å². The lowest BCUT2D eigenvalue weighted by molar-refractivity contribution is -0.385. The molecule has 2 aromatic rings. The summed E-state index contributed by atoms with van der Waals surface area (Å²) in [6, 6.07) is 11.5. The van der Waals surface area contributed by atoms with Crippen molar-refractivity contribution in [3.8, 4) is 0 Å². The van der Waals surface area contributed by atoms with Gasteiger partial charge in [-0.05, 0) is 35.9 Å². The van der Waals surface area contributed by atoms with Crippen LogP contribution in [0.5, 0.6) is 0 Å². The standard InChI is InChI=1S/C14H12BrN3O3/c15-11-5-9(6-13(7-11)18(20)21)8-17-12-3-1-10(2-4-12)14(16)19/h1-7,17H,8H2,(H2,16,19). The molecule has 0 saturated carbocycles. The lowest BCUT2D eigenvalue weighted by atomic mass is 10.1. The van der Waals surface area contributed by atoms with Crippen LogP contribution in [0, 0.1) is 10.1 Å². The Morgan fingerprint density at radius 3 is 2.48 bits per heavy atom. The molecule has 2 aromatic carbocycles. The third-order valence-electron chi connectivity index (χ3n) is 2.82. The summed E-state index contributed by atoms with van der Waals surface area (Å²) in [4.78, 5) is 21.3. The predicted molar refractivity (Wildman–Crippen MR) is 83.1 cm³/mol. The van der Waals surface area contributed by atoms with E-state index in [0.29, 0.717) is 16.6 Å². The average molecular weight is 350 g/mol. The fourth-order valence-corrected chi connectivity index (χ4v) is 2.33. The van der Waals surface area contributed by atoms with Gasteiger partial charge in [0, 0.05) is 34.4 Å². The number of non-ortho nitro benzene ring substituents is 1. The Morgan fingerprint density at radius 1 is 1.24 bits per heavy atom. The van der Waals surface area contributed by atoms with Gasteiger partial charge in [0.15, 0.2) is 0 Å². The van der Waals surface area contributed by atoms with E-state index in [1.54, 1.807) is 30.3 Å². The van der Waals surface area contributed by atoms with Gasteiger partial charge in [0.05, 0.1) is 4.92 Å². The van der Waals surface area contributed by atoms with E-state index in [4.69, 9.17) is 5.73 Å². The zero-order valence-corrected chi connectivity index (χ0v) is 12.5. The molecule has 0 fully saturated rings. The molecule has 0 aliphatic rings. The van der Waals surface area contributed by atoms with Crippen molar-refractivity contribution >= 4 is 33.2 Å². The van der Waals surface area contributed by atoms with Gasteiger partial charge in [-0.25, -0.2) is 0 Å². The van der Waals surface area contributed by atoms with Crippen LogP contribution in [0.25, 0.3) is 0 Å². The summed E-state index contributed by atoms with van der Waals surface area (Å²) in [5.74, 6) is -0.482. The van der Waals surface area contributed by atoms with Gasteiger partial charge in [0.25, 0.3) is 5.69 Å². The largest absolute Gasteiger partial charge is 0.381 e. The van der Waals surface area contributed by atoms with Crippen LogP contribution in [-0.4, -0.2) is 10.8 Å². The maximum Gasteiger partial charge on any atom is 0.270 e. The quantitative estimate of drug-likeness (QED) is 0.640. The molecule has 3 N–H and O–H groups in total. The lowest BCUT2D eigenvalue weighted by Gasteiger charge is -2.07. The Bertz CT molecular complexity index is 686. The van der Waals surface area contributed by atoms with E-state index in [0.717, 1.165) is 11.3 Å². The minimum atomic E-state index is -0.482. The number of nitro groups is 1. The SMILES string of the molecule is NC(=O)c1ccc(NCc2cc(Br)cc([N+](=O)[O-])c2)cc1. The third kappa shape index (κ3) is 4.03. The molecular formula is C14H12BrN3O3. The molecule has 0 unspecified atom stereocenters. The van der Waals surface area contributed by atoms with Crippen LogP contribution in [-0.2, 0) is 6.54 Å². The molecule has 0 saturated heterocycles. The van der Waals surface area contributed by atoms with E-state index in [1.807, 2.05) is 0 Å². The van der Waals surface area contributed by atoms with Crippen LogP contribution in [0.1, 0.15) is 15.9 Å². The van der Waals surface area contributed by atoms with E-state index < -0.39 is 10.8 Å². The first-order valence-electron chi connectivity index (χ1n) is 6.03. The lowest BCUT2D eigenvalue weighted by Crippen LogP contribution is -2.10. The van der Waals surface area contributed by atoms with Gasteiger partial charge in [-0.3, -0.25) is 14.9 Å². The Morgan fingerprint density at radius 2 is 1.90 bits per heavy atom. The van der Waals surface area contributed by atoms with Crippen molar-refractivity contribution in [3.05, 3.63) is 68.2 Å². The van der Waals surface area contributed by atoms with Crippen LogP contribution in [0.15, 0.2) is 46.9 Å². The van der Waals surface area contributed by atoms with Gasteiger partial charge in [0.1, 0.15) is 0 Å². The topological polar surface area (TPSA) is 98.3 Å². The number of hydrogen-bond acceptors (Lipinski definition) is 4. The third-order valence-corrected chi connectivity index (χ3v) is 3.28.